The minimum Gasteiger partial charge on any atom is -0.493 e. The maximum atomic E-state index is 9.28. The van der Waals surface area contributed by atoms with Crippen LogP contribution in [0.1, 0.15) is 11.3 Å². The van der Waals surface area contributed by atoms with Gasteiger partial charge in [0, 0.05) is 17.0 Å². The highest BCUT2D eigenvalue weighted by Crippen LogP contribution is 2.20. The Labute approximate surface area is 96.7 Å². The third-order valence-corrected chi connectivity index (χ3v) is 2.84. The minimum atomic E-state index is 0.0594. The van der Waals surface area contributed by atoms with Crippen molar-refractivity contribution in [3.8, 4) is 5.88 Å². The van der Waals surface area contributed by atoms with Gasteiger partial charge in [0.2, 0.25) is 5.88 Å². The topological polar surface area (TPSA) is 33.1 Å². The molecule has 76 valence electrons. The molecule has 0 aliphatic heterocycles. The highest BCUT2D eigenvalue weighted by Gasteiger charge is 2.03. The van der Waals surface area contributed by atoms with Crippen LogP contribution in [0.4, 0.5) is 0 Å². The number of halogens is 1. The van der Waals surface area contributed by atoms with Crippen molar-refractivity contribution in [2.45, 2.75) is 6.42 Å². The van der Waals surface area contributed by atoms with Crippen LogP contribution >= 0.6 is 15.9 Å². The maximum Gasteiger partial charge on any atom is 0.211 e. The smallest absolute Gasteiger partial charge is 0.211 e. The van der Waals surface area contributed by atoms with E-state index in [1.54, 1.807) is 12.1 Å². The van der Waals surface area contributed by atoms with E-state index in [2.05, 4.69) is 20.9 Å². The third-order valence-electron chi connectivity index (χ3n) is 2.12. The molecule has 0 bridgehead atoms. The van der Waals surface area contributed by atoms with Crippen LogP contribution < -0.4 is 0 Å². The molecule has 2 rings (SSSR count). The average molecular weight is 264 g/mol. The summed E-state index contributed by atoms with van der Waals surface area (Å²) in [6, 6.07) is 13.4. The second-order valence-electron chi connectivity index (χ2n) is 3.26. The summed E-state index contributed by atoms with van der Waals surface area (Å²) < 4.78 is 0.921. The Balaban J connectivity index is 2.28. The van der Waals surface area contributed by atoms with E-state index < -0.39 is 0 Å². The summed E-state index contributed by atoms with van der Waals surface area (Å²) in [6.07, 6.45) is 0.718. The van der Waals surface area contributed by atoms with Crippen molar-refractivity contribution in [1.29, 1.82) is 0 Å². The van der Waals surface area contributed by atoms with Gasteiger partial charge in [0.15, 0.2) is 0 Å². The Morgan fingerprint density at radius 2 is 1.80 bits per heavy atom. The average Bonchev–Trinajstić information content (AvgIpc) is 2.25. The Bertz CT molecular complexity index is 456. The summed E-state index contributed by atoms with van der Waals surface area (Å²) in [5, 5.41) is 9.28. The van der Waals surface area contributed by atoms with Gasteiger partial charge in [-0.25, -0.2) is 4.98 Å². The second kappa shape index (κ2) is 4.45. The predicted molar refractivity (Wildman–Crippen MR) is 62.8 cm³/mol. The number of pyridine rings is 1. The van der Waals surface area contributed by atoms with E-state index in [1.165, 1.54) is 5.56 Å². The summed E-state index contributed by atoms with van der Waals surface area (Å²) in [6.45, 7) is 0. The van der Waals surface area contributed by atoms with Crippen LogP contribution in [0.15, 0.2) is 46.9 Å². The standard InChI is InChI=1S/C12H10BrNO/c13-10-6-7-12(15)14-11(10)8-9-4-2-1-3-5-9/h1-7H,8H2,(H,14,15). The number of hydrogen-bond acceptors (Lipinski definition) is 2. The zero-order valence-electron chi connectivity index (χ0n) is 8.02. The summed E-state index contributed by atoms with van der Waals surface area (Å²) in [5.41, 5.74) is 2.03. The molecule has 2 aromatic rings. The first-order valence-electron chi connectivity index (χ1n) is 4.64. The minimum absolute atomic E-state index is 0.0594. The summed E-state index contributed by atoms with van der Waals surface area (Å²) in [7, 11) is 0. The van der Waals surface area contributed by atoms with Gasteiger partial charge in [0.25, 0.3) is 0 Å². The predicted octanol–water partition coefficient (Wildman–Crippen LogP) is 3.14. The van der Waals surface area contributed by atoms with E-state index in [4.69, 9.17) is 0 Å². The fourth-order valence-electron chi connectivity index (χ4n) is 1.39. The molecule has 1 aromatic carbocycles. The fourth-order valence-corrected chi connectivity index (χ4v) is 1.75. The van der Waals surface area contributed by atoms with Crippen molar-refractivity contribution >= 4 is 15.9 Å². The molecule has 0 saturated heterocycles. The number of benzene rings is 1. The molecule has 1 heterocycles. The van der Waals surface area contributed by atoms with Gasteiger partial charge in [-0.15, -0.1) is 0 Å². The molecule has 0 amide bonds. The molecule has 0 unspecified atom stereocenters. The van der Waals surface area contributed by atoms with Crippen molar-refractivity contribution in [3.05, 3.63) is 58.2 Å². The van der Waals surface area contributed by atoms with Gasteiger partial charge in [0.1, 0.15) is 0 Å². The molecule has 0 atom stereocenters. The lowest BCUT2D eigenvalue weighted by Gasteiger charge is -2.03. The Hall–Kier alpha value is -1.35. The largest absolute Gasteiger partial charge is 0.493 e. The Morgan fingerprint density at radius 1 is 1.07 bits per heavy atom. The molecule has 2 nitrogen and oxygen atoms in total. The SMILES string of the molecule is Oc1ccc(Br)c(Cc2ccccc2)n1. The molecular weight excluding hydrogens is 254 g/mol. The highest BCUT2D eigenvalue weighted by molar-refractivity contribution is 9.10. The van der Waals surface area contributed by atoms with Gasteiger partial charge in [0.05, 0.1) is 5.69 Å². The van der Waals surface area contributed by atoms with Crippen LogP contribution in [-0.2, 0) is 6.42 Å². The van der Waals surface area contributed by atoms with Crippen molar-refractivity contribution in [1.82, 2.24) is 4.98 Å². The number of nitrogens with zero attached hydrogens (tertiary/aromatic N) is 1. The molecule has 15 heavy (non-hydrogen) atoms. The van der Waals surface area contributed by atoms with Crippen molar-refractivity contribution in [2.24, 2.45) is 0 Å². The van der Waals surface area contributed by atoms with Crippen molar-refractivity contribution in [2.75, 3.05) is 0 Å². The zero-order chi connectivity index (χ0) is 10.7. The third kappa shape index (κ3) is 2.57. The molecule has 0 aliphatic carbocycles. The first-order valence-corrected chi connectivity index (χ1v) is 5.43. The number of rotatable bonds is 2. The normalized spacial score (nSPS) is 10.2. The first kappa shape index (κ1) is 10.2. The van der Waals surface area contributed by atoms with E-state index in [9.17, 15) is 5.11 Å². The molecule has 0 spiro atoms. The van der Waals surface area contributed by atoms with Crippen LogP contribution in [-0.4, -0.2) is 10.1 Å². The second-order valence-corrected chi connectivity index (χ2v) is 4.11. The molecule has 0 fully saturated rings. The summed E-state index contributed by atoms with van der Waals surface area (Å²) in [4.78, 5) is 4.08. The lowest BCUT2D eigenvalue weighted by Crippen LogP contribution is -1.93. The zero-order valence-corrected chi connectivity index (χ0v) is 9.61. The molecule has 0 radical (unpaired) electrons. The Kier molecular flexibility index (Phi) is 3.02. The molecule has 1 N–H and O–H groups in total. The molecule has 0 aliphatic rings. The van der Waals surface area contributed by atoms with Crippen molar-refractivity contribution < 1.29 is 5.11 Å². The van der Waals surface area contributed by atoms with E-state index in [0.717, 1.165) is 16.6 Å². The van der Waals surface area contributed by atoms with Crippen molar-refractivity contribution in [3.63, 3.8) is 0 Å². The quantitative estimate of drug-likeness (QED) is 0.903. The fraction of sp³-hybridized carbons (Fsp3) is 0.0833. The van der Waals surface area contributed by atoms with E-state index >= 15 is 0 Å². The number of aromatic nitrogens is 1. The maximum absolute atomic E-state index is 9.28. The van der Waals surface area contributed by atoms with Gasteiger partial charge in [-0.1, -0.05) is 30.3 Å². The van der Waals surface area contributed by atoms with Gasteiger partial charge in [-0.05, 0) is 27.6 Å². The van der Waals surface area contributed by atoms with Gasteiger partial charge < -0.3 is 5.11 Å². The van der Waals surface area contributed by atoms with Crippen LogP contribution in [0.2, 0.25) is 0 Å². The van der Waals surface area contributed by atoms with Gasteiger partial charge in [-0.3, -0.25) is 0 Å². The monoisotopic (exact) mass is 263 g/mol. The number of hydrogen-bond donors (Lipinski definition) is 1. The lowest BCUT2D eigenvalue weighted by molar-refractivity contribution is 0.451. The van der Waals surface area contributed by atoms with Crippen LogP contribution in [0.5, 0.6) is 5.88 Å². The molecule has 1 aromatic heterocycles. The van der Waals surface area contributed by atoms with E-state index in [-0.39, 0.29) is 5.88 Å². The van der Waals surface area contributed by atoms with Gasteiger partial charge >= 0.3 is 0 Å². The molecular formula is C12H10BrNO. The Morgan fingerprint density at radius 3 is 2.53 bits per heavy atom. The van der Waals surface area contributed by atoms with Crippen LogP contribution in [0.25, 0.3) is 0 Å². The number of aromatic hydroxyl groups is 1. The van der Waals surface area contributed by atoms with Crippen LogP contribution in [0, 0.1) is 0 Å². The van der Waals surface area contributed by atoms with E-state index in [0.29, 0.717) is 0 Å². The van der Waals surface area contributed by atoms with E-state index in [1.807, 2.05) is 30.3 Å². The lowest BCUT2D eigenvalue weighted by atomic mass is 10.1. The summed E-state index contributed by atoms with van der Waals surface area (Å²) >= 11 is 3.41. The molecule has 3 heteroatoms. The highest BCUT2D eigenvalue weighted by atomic mass is 79.9. The summed E-state index contributed by atoms with van der Waals surface area (Å²) in [5.74, 6) is 0.0594. The first-order chi connectivity index (χ1) is 7.25. The van der Waals surface area contributed by atoms with Gasteiger partial charge in [-0.2, -0.15) is 0 Å². The molecule has 0 saturated carbocycles. The van der Waals surface area contributed by atoms with Crippen LogP contribution in [0.3, 0.4) is 0 Å².